The lowest BCUT2D eigenvalue weighted by Gasteiger charge is -2.08. The highest BCUT2D eigenvalue weighted by Crippen LogP contribution is 2.19. The van der Waals surface area contributed by atoms with Crippen LogP contribution < -0.4 is 10.1 Å². The second-order valence-corrected chi connectivity index (χ2v) is 4.61. The molecule has 1 heterocycles. The fraction of sp³-hybridized carbons (Fsp3) is 0.692. The van der Waals surface area contributed by atoms with Gasteiger partial charge < -0.3 is 14.8 Å². The number of aromatic nitrogens is 2. The minimum atomic E-state index is 0.457. The zero-order chi connectivity index (χ0) is 12.8. The van der Waals surface area contributed by atoms with E-state index in [4.69, 9.17) is 9.47 Å². The number of hydrogen-bond donors (Lipinski definition) is 1. The van der Waals surface area contributed by atoms with Gasteiger partial charge in [-0.1, -0.05) is 0 Å². The van der Waals surface area contributed by atoms with Crippen LogP contribution in [0.25, 0.3) is 0 Å². The smallest absolute Gasteiger partial charge is 0.316 e. The number of rotatable bonds is 8. The van der Waals surface area contributed by atoms with Crippen LogP contribution in [0, 0.1) is 6.92 Å². The summed E-state index contributed by atoms with van der Waals surface area (Å²) in [6, 6.07) is 1.16. The molecule has 2 rings (SSSR count). The van der Waals surface area contributed by atoms with Crippen LogP contribution >= 0.6 is 0 Å². The van der Waals surface area contributed by atoms with Crippen molar-refractivity contribution in [1.82, 2.24) is 15.3 Å². The number of ether oxygens (including phenoxy) is 2. The molecular formula is C13H21N3O2. The Kier molecular flexibility index (Phi) is 4.90. The van der Waals surface area contributed by atoms with Crippen molar-refractivity contribution in [1.29, 1.82) is 0 Å². The minimum Gasteiger partial charge on any atom is -0.463 e. The van der Waals surface area contributed by atoms with E-state index in [-0.39, 0.29) is 0 Å². The van der Waals surface area contributed by atoms with Gasteiger partial charge in [0.1, 0.15) is 0 Å². The first-order valence-electron chi connectivity index (χ1n) is 6.47. The average Bonchev–Trinajstić information content (AvgIpc) is 3.18. The molecule has 1 aliphatic carbocycles. The van der Waals surface area contributed by atoms with E-state index < -0.39 is 0 Å². The van der Waals surface area contributed by atoms with Crippen LogP contribution in [-0.2, 0) is 11.3 Å². The molecule has 0 radical (unpaired) electrons. The number of hydrogen-bond acceptors (Lipinski definition) is 5. The molecule has 0 amide bonds. The molecule has 0 spiro atoms. The van der Waals surface area contributed by atoms with Gasteiger partial charge in [-0.2, -0.15) is 0 Å². The molecule has 1 N–H and O–H groups in total. The lowest BCUT2D eigenvalue weighted by atomic mass is 10.2. The fourth-order valence-electron chi connectivity index (χ4n) is 1.62. The van der Waals surface area contributed by atoms with E-state index >= 15 is 0 Å². The molecule has 1 aliphatic rings. The van der Waals surface area contributed by atoms with Crippen LogP contribution in [0.15, 0.2) is 6.20 Å². The molecular weight excluding hydrogens is 230 g/mol. The summed E-state index contributed by atoms with van der Waals surface area (Å²) in [4.78, 5) is 8.58. The second-order valence-electron chi connectivity index (χ2n) is 4.61. The maximum Gasteiger partial charge on any atom is 0.316 e. The van der Waals surface area contributed by atoms with Crippen LogP contribution in [0.1, 0.15) is 30.5 Å². The van der Waals surface area contributed by atoms with Gasteiger partial charge in [0.2, 0.25) is 0 Å². The summed E-state index contributed by atoms with van der Waals surface area (Å²) in [6.45, 7) is 4.13. The standard InChI is InChI=1S/C13H21N3O2/c1-10-11(8-14-12-4-5-12)9-15-13(16-10)18-7-3-6-17-2/h9,12,14H,3-8H2,1-2H3. The summed E-state index contributed by atoms with van der Waals surface area (Å²) in [5.74, 6) is 0. The normalized spacial score (nSPS) is 14.8. The van der Waals surface area contributed by atoms with E-state index in [0.717, 1.165) is 24.2 Å². The Hall–Kier alpha value is -1.20. The third kappa shape index (κ3) is 4.23. The molecule has 1 fully saturated rings. The van der Waals surface area contributed by atoms with E-state index in [0.29, 0.717) is 25.3 Å². The first-order valence-corrected chi connectivity index (χ1v) is 6.47. The van der Waals surface area contributed by atoms with Gasteiger partial charge in [0, 0.05) is 50.2 Å². The fourth-order valence-corrected chi connectivity index (χ4v) is 1.62. The van der Waals surface area contributed by atoms with Crippen molar-refractivity contribution in [2.45, 2.75) is 38.8 Å². The van der Waals surface area contributed by atoms with Crippen LogP contribution in [0.2, 0.25) is 0 Å². The molecule has 0 aliphatic heterocycles. The molecule has 5 nitrogen and oxygen atoms in total. The molecule has 1 saturated carbocycles. The van der Waals surface area contributed by atoms with E-state index in [9.17, 15) is 0 Å². The predicted octanol–water partition coefficient (Wildman–Crippen LogP) is 1.45. The number of nitrogens with one attached hydrogen (secondary N) is 1. The molecule has 1 aromatic heterocycles. The van der Waals surface area contributed by atoms with Crippen molar-refractivity contribution in [2.24, 2.45) is 0 Å². The van der Waals surface area contributed by atoms with Gasteiger partial charge in [-0.25, -0.2) is 9.97 Å². The Morgan fingerprint density at radius 3 is 2.89 bits per heavy atom. The maximum absolute atomic E-state index is 5.46. The lowest BCUT2D eigenvalue weighted by Crippen LogP contribution is -2.17. The summed E-state index contributed by atoms with van der Waals surface area (Å²) in [5, 5.41) is 3.46. The monoisotopic (exact) mass is 251 g/mol. The third-order valence-electron chi connectivity index (χ3n) is 2.94. The van der Waals surface area contributed by atoms with Crippen molar-refractivity contribution < 1.29 is 9.47 Å². The highest BCUT2D eigenvalue weighted by molar-refractivity contribution is 5.17. The zero-order valence-electron chi connectivity index (χ0n) is 11.1. The molecule has 0 aromatic carbocycles. The van der Waals surface area contributed by atoms with Crippen LogP contribution in [0.4, 0.5) is 0 Å². The minimum absolute atomic E-state index is 0.457. The average molecular weight is 251 g/mol. The Bertz CT molecular complexity index is 380. The molecule has 18 heavy (non-hydrogen) atoms. The zero-order valence-corrected chi connectivity index (χ0v) is 11.1. The van der Waals surface area contributed by atoms with Gasteiger partial charge >= 0.3 is 6.01 Å². The van der Waals surface area contributed by atoms with Crippen LogP contribution in [-0.4, -0.2) is 36.3 Å². The highest BCUT2D eigenvalue weighted by atomic mass is 16.5. The van der Waals surface area contributed by atoms with Crippen molar-refractivity contribution in [3.8, 4) is 6.01 Å². The van der Waals surface area contributed by atoms with Crippen LogP contribution in [0.5, 0.6) is 6.01 Å². The van der Waals surface area contributed by atoms with E-state index in [1.54, 1.807) is 7.11 Å². The first-order chi connectivity index (χ1) is 8.79. The predicted molar refractivity (Wildman–Crippen MR) is 68.6 cm³/mol. The van der Waals surface area contributed by atoms with E-state index in [2.05, 4.69) is 15.3 Å². The molecule has 0 unspecified atom stereocenters. The molecule has 0 atom stereocenters. The lowest BCUT2D eigenvalue weighted by molar-refractivity contribution is 0.168. The van der Waals surface area contributed by atoms with Crippen LogP contribution in [0.3, 0.4) is 0 Å². The summed E-state index contributed by atoms with van der Waals surface area (Å²) in [5.41, 5.74) is 2.13. The summed E-state index contributed by atoms with van der Waals surface area (Å²) in [6.07, 6.45) is 5.29. The van der Waals surface area contributed by atoms with E-state index in [1.807, 2.05) is 13.1 Å². The molecule has 0 bridgehead atoms. The summed E-state index contributed by atoms with van der Waals surface area (Å²) in [7, 11) is 1.68. The molecule has 0 saturated heterocycles. The summed E-state index contributed by atoms with van der Waals surface area (Å²) < 4.78 is 10.4. The van der Waals surface area contributed by atoms with Gasteiger partial charge in [-0.05, 0) is 19.8 Å². The Balaban J connectivity index is 1.79. The molecule has 100 valence electrons. The Morgan fingerprint density at radius 1 is 1.39 bits per heavy atom. The van der Waals surface area contributed by atoms with Gasteiger partial charge in [0.25, 0.3) is 0 Å². The first kappa shape index (κ1) is 13.2. The SMILES string of the molecule is COCCCOc1ncc(CNC2CC2)c(C)n1. The second kappa shape index (κ2) is 6.66. The van der Waals surface area contributed by atoms with Gasteiger partial charge in [0.15, 0.2) is 0 Å². The number of aryl methyl sites for hydroxylation is 1. The van der Waals surface area contributed by atoms with Crippen molar-refractivity contribution in [3.63, 3.8) is 0 Å². The largest absolute Gasteiger partial charge is 0.463 e. The van der Waals surface area contributed by atoms with Gasteiger partial charge in [-0.15, -0.1) is 0 Å². The van der Waals surface area contributed by atoms with E-state index in [1.165, 1.54) is 12.8 Å². The molecule has 5 heteroatoms. The topological polar surface area (TPSA) is 56.3 Å². The quantitative estimate of drug-likeness (QED) is 0.709. The molecule has 1 aromatic rings. The Morgan fingerprint density at radius 2 is 2.22 bits per heavy atom. The van der Waals surface area contributed by atoms with Crippen molar-refractivity contribution in [2.75, 3.05) is 20.3 Å². The Labute approximate surface area is 108 Å². The maximum atomic E-state index is 5.46. The number of methoxy groups -OCH3 is 1. The summed E-state index contributed by atoms with van der Waals surface area (Å²) >= 11 is 0. The van der Waals surface area contributed by atoms with Crippen molar-refractivity contribution in [3.05, 3.63) is 17.5 Å². The highest BCUT2D eigenvalue weighted by Gasteiger charge is 2.20. The van der Waals surface area contributed by atoms with Gasteiger partial charge in [0.05, 0.1) is 6.61 Å². The van der Waals surface area contributed by atoms with Gasteiger partial charge in [-0.3, -0.25) is 0 Å². The number of nitrogens with zero attached hydrogens (tertiary/aromatic N) is 2. The van der Waals surface area contributed by atoms with Crippen molar-refractivity contribution >= 4 is 0 Å². The third-order valence-corrected chi connectivity index (χ3v) is 2.94.